The van der Waals surface area contributed by atoms with E-state index in [9.17, 15) is 4.79 Å². The lowest BCUT2D eigenvalue weighted by Crippen LogP contribution is -1.91. The van der Waals surface area contributed by atoms with Gasteiger partial charge in [-0.25, -0.2) is 4.98 Å². The van der Waals surface area contributed by atoms with Crippen molar-refractivity contribution in [3.63, 3.8) is 0 Å². The summed E-state index contributed by atoms with van der Waals surface area (Å²) in [6, 6.07) is 9.28. The molecule has 1 aromatic carbocycles. The van der Waals surface area contributed by atoms with Crippen molar-refractivity contribution in [3.8, 4) is 0 Å². The van der Waals surface area contributed by atoms with Crippen LogP contribution in [0.4, 0.5) is 0 Å². The molecule has 0 N–H and O–H groups in total. The van der Waals surface area contributed by atoms with E-state index in [1.165, 1.54) is 16.6 Å². The monoisotopic (exact) mass is 249 g/mol. The van der Waals surface area contributed by atoms with Crippen molar-refractivity contribution >= 4 is 28.2 Å². The van der Waals surface area contributed by atoms with Gasteiger partial charge in [-0.15, -0.1) is 11.3 Å². The molecule has 16 heavy (non-hydrogen) atoms. The molecule has 0 aliphatic carbocycles. The predicted octanol–water partition coefficient (Wildman–Crippen LogP) is 3.69. The third kappa shape index (κ3) is 2.51. The summed E-state index contributed by atoms with van der Waals surface area (Å²) in [4.78, 5) is 17.4. The number of thiazole rings is 1. The summed E-state index contributed by atoms with van der Waals surface area (Å²) in [6.45, 7) is 3.98. The van der Waals surface area contributed by atoms with E-state index in [1.54, 1.807) is 11.3 Å². The van der Waals surface area contributed by atoms with Gasteiger partial charge in [0.05, 0.1) is 5.69 Å². The van der Waals surface area contributed by atoms with Gasteiger partial charge in [0.2, 0.25) is 5.12 Å². The highest BCUT2D eigenvalue weighted by Gasteiger charge is 2.11. The van der Waals surface area contributed by atoms with Crippen molar-refractivity contribution in [2.75, 3.05) is 0 Å². The van der Waals surface area contributed by atoms with Crippen LogP contribution in [0, 0.1) is 13.8 Å². The smallest absolute Gasteiger partial charge is 0.226 e. The van der Waals surface area contributed by atoms with Crippen LogP contribution in [-0.2, 0) is 0 Å². The van der Waals surface area contributed by atoms with Crippen LogP contribution in [0.1, 0.15) is 20.9 Å². The maximum Gasteiger partial charge on any atom is 0.226 e. The number of carbonyl (C=O) groups excluding carboxylic acids is 1. The Labute approximate surface area is 103 Å². The standard InChI is InChI=1S/C12H11NOS2/c1-8-9(2)15-12(13-8)16-11(14)10-6-4-3-5-7-10/h3-7H,1-2H3. The molecule has 0 saturated carbocycles. The van der Waals surface area contributed by atoms with Crippen LogP contribution in [0.5, 0.6) is 0 Å². The minimum Gasteiger partial charge on any atom is -0.281 e. The highest BCUT2D eigenvalue weighted by Crippen LogP contribution is 2.28. The summed E-state index contributed by atoms with van der Waals surface area (Å²) in [6.07, 6.45) is 0. The lowest BCUT2D eigenvalue weighted by atomic mass is 10.2. The summed E-state index contributed by atoms with van der Waals surface area (Å²) in [5, 5.41) is 0.0503. The summed E-state index contributed by atoms with van der Waals surface area (Å²) in [7, 11) is 0. The van der Waals surface area contributed by atoms with Crippen LogP contribution in [-0.4, -0.2) is 10.1 Å². The molecule has 0 aliphatic rings. The molecule has 4 heteroatoms. The van der Waals surface area contributed by atoms with E-state index in [0.717, 1.165) is 15.6 Å². The largest absolute Gasteiger partial charge is 0.281 e. The van der Waals surface area contributed by atoms with Crippen molar-refractivity contribution in [2.24, 2.45) is 0 Å². The maximum atomic E-state index is 11.9. The Morgan fingerprint density at radius 3 is 2.50 bits per heavy atom. The SMILES string of the molecule is Cc1nc(SC(=O)c2ccccc2)sc1C. The Morgan fingerprint density at radius 1 is 1.25 bits per heavy atom. The first-order valence-corrected chi connectivity index (χ1v) is 6.51. The first-order chi connectivity index (χ1) is 7.66. The third-order valence-corrected chi connectivity index (χ3v) is 4.25. The number of aryl methyl sites for hydroxylation is 2. The number of nitrogens with zero attached hydrogens (tertiary/aromatic N) is 1. The van der Waals surface area contributed by atoms with Gasteiger partial charge in [0.15, 0.2) is 4.34 Å². The molecule has 0 saturated heterocycles. The van der Waals surface area contributed by atoms with E-state index in [-0.39, 0.29) is 5.12 Å². The van der Waals surface area contributed by atoms with E-state index in [2.05, 4.69) is 4.98 Å². The van der Waals surface area contributed by atoms with E-state index < -0.39 is 0 Å². The van der Waals surface area contributed by atoms with Crippen LogP contribution in [0.2, 0.25) is 0 Å². The van der Waals surface area contributed by atoms with E-state index in [0.29, 0.717) is 0 Å². The molecule has 0 amide bonds. The van der Waals surface area contributed by atoms with Crippen molar-refractivity contribution in [1.29, 1.82) is 0 Å². The van der Waals surface area contributed by atoms with Gasteiger partial charge in [0, 0.05) is 10.4 Å². The van der Waals surface area contributed by atoms with Gasteiger partial charge in [0.1, 0.15) is 0 Å². The number of hydrogen-bond donors (Lipinski definition) is 0. The second kappa shape index (κ2) is 4.80. The van der Waals surface area contributed by atoms with Gasteiger partial charge < -0.3 is 0 Å². The second-order valence-corrected chi connectivity index (χ2v) is 5.80. The highest BCUT2D eigenvalue weighted by atomic mass is 32.2. The van der Waals surface area contributed by atoms with Crippen molar-refractivity contribution in [2.45, 2.75) is 18.2 Å². The van der Waals surface area contributed by atoms with Crippen molar-refractivity contribution in [3.05, 3.63) is 46.5 Å². The first kappa shape index (κ1) is 11.4. The average molecular weight is 249 g/mol. The lowest BCUT2D eigenvalue weighted by molar-refractivity contribution is 0.108. The highest BCUT2D eigenvalue weighted by molar-refractivity contribution is 8.15. The molecular weight excluding hydrogens is 238 g/mol. The Balaban J connectivity index is 2.14. The Kier molecular flexibility index (Phi) is 3.41. The molecule has 2 aromatic rings. The molecule has 82 valence electrons. The third-order valence-electron chi connectivity index (χ3n) is 2.20. The fourth-order valence-corrected chi connectivity index (χ4v) is 3.20. The van der Waals surface area contributed by atoms with Crippen LogP contribution in [0.25, 0.3) is 0 Å². The number of benzene rings is 1. The maximum absolute atomic E-state index is 11.9. The Hall–Kier alpha value is -1.13. The van der Waals surface area contributed by atoms with Crippen LogP contribution in [0.15, 0.2) is 34.7 Å². The molecule has 0 atom stereocenters. The predicted molar refractivity (Wildman–Crippen MR) is 68.2 cm³/mol. The average Bonchev–Trinajstić information content (AvgIpc) is 2.59. The topological polar surface area (TPSA) is 30.0 Å². The van der Waals surface area contributed by atoms with E-state index in [4.69, 9.17) is 0 Å². The number of aromatic nitrogens is 1. The minimum absolute atomic E-state index is 0.0503. The molecule has 0 radical (unpaired) electrons. The Morgan fingerprint density at radius 2 is 1.94 bits per heavy atom. The molecule has 0 bridgehead atoms. The number of hydrogen-bond acceptors (Lipinski definition) is 4. The molecule has 0 aliphatic heterocycles. The number of thioether (sulfide) groups is 1. The van der Waals surface area contributed by atoms with Gasteiger partial charge >= 0.3 is 0 Å². The zero-order valence-electron chi connectivity index (χ0n) is 9.06. The molecule has 2 nitrogen and oxygen atoms in total. The molecule has 0 spiro atoms. The molecule has 1 heterocycles. The van der Waals surface area contributed by atoms with Crippen LogP contribution < -0.4 is 0 Å². The Bertz CT molecular complexity index is 485. The summed E-state index contributed by atoms with van der Waals surface area (Å²) < 4.78 is 0.823. The van der Waals surface area contributed by atoms with Gasteiger partial charge in [-0.05, 0) is 25.6 Å². The first-order valence-electron chi connectivity index (χ1n) is 4.88. The fourth-order valence-electron chi connectivity index (χ4n) is 1.20. The number of carbonyl (C=O) groups is 1. The van der Waals surface area contributed by atoms with Gasteiger partial charge in [-0.2, -0.15) is 0 Å². The van der Waals surface area contributed by atoms with Crippen molar-refractivity contribution in [1.82, 2.24) is 4.98 Å². The lowest BCUT2D eigenvalue weighted by Gasteiger charge is -1.96. The molecular formula is C12H11NOS2. The van der Waals surface area contributed by atoms with Crippen molar-refractivity contribution < 1.29 is 4.79 Å². The number of rotatable bonds is 2. The molecule has 0 unspecified atom stereocenters. The van der Waals surface area contributed by atoms with Gasteiger partial charge in [-0.1, -0.05) is 30.3 Å². The minimum atomic E-state index is 0.0503. The second-order valence-electron chi connectivity index (χ2n) is 3.38. The summed E-state index contributed by atoms with van der Waals surface area (Å²) in [5.74, 6) is 0. The van der Waals surface area contributed by atoms with E-state index >= 15 is 0 Å². The van der Waals surface area contributed by atoms with Gasteiger partial charge in [-0.3, -0.25) is 4.79 Å². The molecule has 2 rings (SSSR count). The normalized spacial score (nSPS) is 10.4. The zero-order valence-corrected chi connectivity index (χ0v) is 10.7. The van der Waals surface area contributed by atoms with Crippen LogP contribution in [0.3, 0.4) is 0 Å². The van der Waals surface area contributed by atoms with Crippen LogP contribution >= 0.6 is 23.1 Å². The molecule has 1 aromatic heterocycles. The van der Waals surface area contributed by atoms with E-state index in [1.807, 2.05) is 44.2 Å². The van der Waals surface area contributed by atoms with Gasteiger partial charge in [0.25, 0.3) is 0 Å². The fraction of sp³-hybridized carbons (Fsp3) is 0.167. The molecule has 0 fully saturated rings. The summed E-state index contributed by atoms with van der Waals surface area (Å²) >= 11 is 2.77. The quantitative estimate of drug-likeness (QED) is 0.760. The summed E-state index contributed by atoms with van der Waals surface area (Å²) in [5.41, 5.74) is 1.73. The zero-order chi connectivity index (χ0) is 11.5.